The Kier molecular flexibility index (Phi) is 5.04. The predicted molar refractivity (Wildman–Crippen MR) is 66.8 cm³/mol. The van der Waals surface area contributed by atoms with E-state index in [-0.39, 0.29) is 0 Å². The topological polar surface area (TPSA) is 27.0 Å². The minimum atomic E-state index is 0.703. The molecule has 0 fully saturated rings. The number of nitrogens with zero attached hydrogens (tertiary/aromatic N) is 2. The number of hydrogen-bond donors (Lipinski definition) is 0. The van der Waals surface area contributed by atoms with Crippen molar-refractivity contribution in [2.75, 3.05) is 13.1 Å². The fourth-order valence-electron chi connectivity index (χ4n) is 1.57. The van der Waals surface area contributed by atoms with Crippen LogP contribution in [0.15, 0.2) is 49.6 Å². The van der Waals surface area contributed by atoms with Crippen molar-refractivity contribution in [1.82, 2.24) is 4.90 Å². The van der Waals surface area contributed by atoms with Crippen LogP contribution >= 0.6 is 0 Å². The van der Waals surface area contributed by atoms with Crippen LogP contribution in [0.3, 0.4) is 0 Å². The lowest BCUT2D eigenvalue weighted by Crippen LogP contribution is -2.23. The van der Waals surface area contributed by atoms with E-state index in [4.69, 9.17) is 5.26 Å². The summed E-state index contributed by atoms with van der Waals surface area (Å²) in [4.78, 5) is 2.20. The summed E-state index contributed by atoms with van der Waals surface area (Å²) in [5.74, 6) is 0. The zero-order chi connectivity index (χ0) is 11.8. The molecule has 82 valence electrons. The molecule has 0 aliphatic rings. The summed E-state index contributed by atoms with van der Waals surface area (Å²) in [7, 11) is 0. The van der Waals surface area contributed by atoms with Crippen molar-refractivity contribution < 1.29 is 0 Å². The van der Waals surface area contributed by atoms with Gasteiger partial charge < -0.3 is 0 Å². The first-order valence-corrected chi connectivity index (χ1v) is 5.23. The summed E-state index contributed by atoms with van der Waals surface area (Å²) in [5, 5.41) is 8.81. The lowest BCUT2D eigenvalue weighted by molar-refractivity contribution is 0.328. The van der Waals surface area contributed by atoms with Gasteiger partial charge >= 0.3 is 0 Å². The molecule has 0 N–H and O–H groups in total. The first kappa shape index (κ1) is 12.2. The van der Waals surface area contributed by atoms with Crippen molar-refractivity contribution in [3.8, 4) is 6.07 Å². The Hall–Kier alpha value is -1.85. The maximum absolute atomic E-state index is 8.81. The Morgan fingerprint density at radius 2 is 1.94 bits per heavy atom. The maximum atomic E-state index is 8.81. The zero-order valence-electron chi connectivity index (χ0n) is 9.39. The van der Waals surface area contributed by atoms with Crippen LogP contribution in [-0.4, -0.2) is 18.0 Å². The first-order chi connectivity index (χ1) is 7.80. The average Bonchev–Trinajstić information content (AvgIpc) is 2.30. The van der Waals surface area contributed by atoms with Gasteiger partial charge in [0.2, 0.25) is 0 Å². The van der Waals surface area contributed by atoms with E-state index in [0.717, 1.165) is 25.2 Å². The second-order valence-electron chi connectivity index (χ2n) is 3.58. The third kappa shape index (κ3) is 3.72. The Bertz CT molecular complexity index is 391. The SMILES string of the molecule is C=CCN(CC=C)Cc1cccc(C#N)c1. The molecular formula is C14H16N2. The molecule has 2 heteroatoms. The maximum Gasteiger partial charge on any atom is 0.0991 e. The zero-order valence-corrected chi connectivity index (χ0v) is 9.39. The summed E-state index contributed by atoms with van der Waals surface area (Å²) in [5.41, 5.74) is 1.84. The highest BCUT2D eigenvalue weighted by molar-refractivity contribution is 5.32. The molecule has 1 aromatic rings. The lowest BCUT2D eigenvalue weighted by atomic mass is 10.1. The van der Waals surface area contributed by atoms with Crippen molar-refractivity contribution >= 4 is 0 Å². The van der Waals surface area contributed by atoms with Gasteiger partial charge in [-0.1, -0.05) is 24.3 Å². The molecule has 2 nitrogen and oxygen atoms in total. The van der Waals surface area contributed by atoms with Crippen LogP contribution in [0.5, 0.6) is 0 Å². The molecule has 0 saturated heterocycles. The van der Waals surface area contributed by atoms with Crippen molar-refractivity contribution in [1.29, 1.82) is 5.26 Å². The van der Waals surface area contributed by atoms with Gasteiger partial charge in [-0.25, -0.2) is 0 Å². The van der Waals surface area contributed by atoms with Gasteiger partial charge in [0, 0.05) is 19.6 Å². The van der Waals surface area contributed by atoms with Gasteiger partial charge in [0.1, 0.15) is 0 Å². The molecule has 0 bridgehead atoms. The summed E-state index contributed by atoms with van der Waals surface area (Å²) in [6.45, 7) is 9.92. The minimum Gasteiger partial charge on any atom is -0.292 e. The van der Waals surface area contributed by atoms with Gasteiger partial charge in [-0.3, -0.25) is 4.90 Å². The monoisotopic (exact) mass is 212 g/mol. The van der Waals surface area contributed by atoms with E-state index in [1.54, 1.807) is 0 Å². The van der Waals surface area contributed by atoms with Gasteiger partial charge in [0.25, 0.3) is 0 Å². The van der Waals surface area contributed by atoms with Crippen LogP contribution in [-0.2, 0) is 6.54 Å². The largest absolute Gasteiger partial charge is 0.292 e. The summed E-state index contributed by atoms with van der Waals surface area (Å²) >= 11 is 0. The average molecular weight is 212 g/mol. The molecule has 0 aromatic heterocycles. The first-order valence-electron chi connectivity index (χ1n) is 5.23. The fraction of sp³-hybridized carbons (Fsp3) is 0.214. The standard InChI is InChI=1S/C14H16N2/c1-3-8-16(9-4-2)12-14-7-5-6-13(10-14)11-15/h3-7,10H,1-2,8-9,12H2. The van der Waals surface area contributed by atoms with E-state index in [2.05, 4.69) is 24.1 Å². The molecule has 0 spiro atoms. The summed E-state index contributed by atoms with van der Waals surface area (Å²) in [6.07, 6.45) is 3.75. The number of hydrogen-bond acceptors (Lipinski definition) is 2. The van der Waals surface area contributed by atoms with E-state index in [9.17, 15) is 0 Å². The molecule has 1 aromatic carbocycles. The van der Waals surface area contributed by atoms with E-state index < -0.39 is 0 Å². The second kappa shape index (κ2) is 6.60. The molecule has 0 unspecified atom stereocenters. The Labute approximate surface area is 97.1 Å². The quantitative estimate of drug-likeness (QED) is 0.678. The third-order valence-electron chi connectivity index (χ3n) is 2.24. The molecule has 0 atom stereocenters. The molecule has 0 saturated carbocycles. The summed E-state index contributed by atoms with van der Waals surface area (Å²) in [6, 6.07) is 9.81. The van der Waals surface area contributed by atoms with E-state index in [1.807, 2.05) is 36.4 Å². The van der Waals surface area contributed by atoms with E-state index >= 15 is 0 Å². The van der Waals surface area contributed by atoms with E-state index in [0.29, 0.717) is 5.56 Å². The molecule has 0 radical (unpaired) electrons. The van der Waals surface area contributed by atoms with Gasteiger partial charge in [-0.15, -0.1) is 13.2 Å². The predicted octanol–water partition coefficient (Wildman–Crippen LogP) is 2.73. The van der Waals surface area contributed by atoms with Crippen LogP contribution < -0.4 is 0 Å². The number of nitriles is 1. The number of benzene rings is 1. The highest BCUT2D eigenvalue weighted by atomic mass is 15.1. The van der Waals surface area contributed by atoms with Crippen molar-refractivity contribution in [3.63, 3.8) is 0 Å². The third-order valence-corrected chi connectivity index (χ3v) is 2.24. The summed E-state index contributed by atoms with van der Waals surface area (Å²) < 4.78 is 0. The smallest absolute Gasteiger partial charge is 0.0991 e. The van der Waals surface area contributed by atoms with Crippen LogP contribution in [0, 0.1) is 11.3 Å². The number of rotatable bonds is 6. The molecule has 0 aliphatic heterocycles. The second-order valence-corrected chi connectivity index (χ2v) is 3.58. The van der Waals surface area contributed by atoms with Crippen molar-refractivity contribution in [2.45, 2.75) is 6.54 Å². The van der Waals surface area contributed by atoms with Gasteiger partial charge in [0.15, 0.2) is 0 Å². The Morgan fingerprint density at radius 3 is 2.50 bits per heavy atom. The van der Waals surface area contributed by atoms with Gasteiger partial charge in [-0.05, 0) is 17.7 Å². The van der Waals surface area contributed by atoms with Crippen molar-refractivity contribution in [2.24, 2.45) is 0 Å². The van der Waals surface area contributed by atoms with Crippen LogP contribution in [0.2, 0.25) is 0 Å². The van der Waals surface area contributed by atoms with Crippen molar-refractivity contribution in [3.05, 3.63) is 60.7 Å². The highest BCUT2D eigenvalue weighted by Gasteiger charge is 2.02. The molecule has 0 aliphatic carbocycles. The Balaban J connectivity index is 2.72. The molecule has 0 amide bonds. The molecule has 16 heavy (non-hydrogen) atoms. The van der Waals surface area contributed by atoms with Gasteiger partial charge in [-0.2, -0.15) is 5.26 Å². The molecule has 1 rings (SSSR count). The van der Waals surface area contributed by atoms with Crippen LogP contribution in [0.25, 0.3) is 0 Å². The van der Waals surface area contributed by atoms with Crippen LogP contribution in [0.1, 0.15) is 11.1 Å². The minimum absolute atomic E-state index is 0.703. The lowest BCUT2D eigenvalue weighted by Gasteiger charge is -2.18. The fourth-order valence-corrected chi connectivity index (χ4v) is 1.57. The molecular weight excluding hydrogens is 196 g/mol. The van der Waals surface area contributed by atoms with Gasteiger partial charge in [0.05, 0.1) is 11.6 Å². The molecule has 0 heterocycles. The van der Waals surface area contributed by atoms with E-state index in [1.165, 1.54) is 0 Å². The normalized spacial score (nSPS) is 9.75. The Morgan fingerprint density at radius 1 is 1.25 bits per heavy atom. The van der Waals surface area contributed by atoms with Crippen LogP contribution in [0.4, 0.5) is 0 Å². The highest BCUT2D eigenvalue weighted by Crippen LogP contribution is 2.07.